The molecule has 0 radical (unpaired) electrons. The Morgan fingerprint density at radius 3 is 2.00 bits per heavy atom. The van der Waals surface area contributed by atoms with E-state index in [4.69, 9.17) is 14.6 Å². The Labute approximate surface area is 165 Å². The molecule has 0 saturated carbocycles. The molecule has 0 atom stereocenters. The van der Waals surface area contributed by atoms with Gasteiger partial charge in [0.15, 0.2) is 0 Å². The molecule has 0 amide bonds. The molecule has 28 heavy (non-hydrogen) atoms. The van der Waals surface area contributed by atoms with E-state index >= 15 is 0 Å². The first-order valence-electron chi connectivity index (χ1n) is 9.39. The molecule has 0 saturated heterocycles. The van der Waals surface area contributed by atoms with E-state index in [0.29, 0.717) is 26.1 Å². The highest BCUT2D eigenvalue weighted by molar-refractivity contribution is 5.66. The number of hydrogen-bond acceptors (Lipinski definition) is 3. The first-order valence-corrected chi connectivity index (χ1v) is 9.39. The highest BCUT2D eigenvalue weighted by Crippen LogP contribution is 2.28. The van der Waals surface area contributed by atoms with Crippen molar-refractivity contribution in [1.82, 2.24) is 0 Å². The molecule has 144 valence electrons. The monoisotopic (exact) mass is 376 g/mol. The molecule has 0 unspecified atom stereocenters. The molecule has 4 heteroatoms. The van der Waals surface area contributed by atoms with E-state index < -0.39 is 5.97 Å². The zero-order valence-corrected chi connectivity index (χ0v) is 15.7. The van der Waals surface area contributed by atoms with Gasteiger partial charge in [0.25, 0.3) is 0 Å². The number of aliphatic carboxylic acids is 1. The maximum Gasteiger partial charge on any atom is 0.303 e. The standard InChI is InChI=1S/C24H24O4/c25-24(26)13-7-12-21-14-15-22(27-17-19-8-3-1-4-9-19)16-23(21)28-18-20-10-5-2-6-11-20/h1-6,8-11,14-16H,7,12-13,17-18H2,(H,25,26). The lowest BCUT2D eigenvalue weighted by molar-refractivity contribution is -0.137. The average Bonchev–Trinajstić information content (AvgIpc) is 2.73. The third kappa shape index (κ3) is 6.16. The Morgan fingerprint density at radius 1 is 0.786 bits per heavy atom. The Bertz CT molecular complexity index is 876. The minimum absolute atomic E-state index is 0.143. The van der Waals surface area contributed by atoms with Crippen LogP contribution >= 0.6 is 0 Å². The van der Waals surface area contributed by atoms with E-state index in [-0.39, 0.29) is 6.42 Å². The quantitative estimate of drug-likeness (QED) is 0.525. The molecule has 3 aromatic rings. The van der Waals surface area contributed by atoms with Crippen molar-refractivity contribution in [2.45, 2.75) is 32.5 Å². The van der Waals surface area contributed by atoms with E-state index in [2.05, 4.69) is 0 Å². The fourth-order valence-electron chi connectivity index (χ4n) is 2.87. The second-order valence-corrected chi connectivity index (χ2v) is 6.57. The first kappa shape index (κ1) is 19.5. The van der Waals surface area contributed by atoms with E-state index in [1.165, 1.54) is 0 Å². The van der Waals surface area contributed by atoms with Gasteiger partial charge in [0.1, 0.15) is 24.7 Å². The minimum atomic E-state index is -0.783. The Balaban J connectivity index is 1.70. The summed E-state index contributed by atoms with van der Waals surface area (Å²) in [7, 11) is 0. The number of hydrogen-bond donors (Lipinski definition) is 1. The van der Waals surface area contributed by atoms with E-state index in [1.807, 2.05) is 78.9 Å². The molecule has 0 heterocycles. The molecular weight excluding hydrogens is 352 g/mol. The Kier molecular flexibility index (Phi) is 7.08. The largest absolute Gasteiger partial charge is 0.489 e. The number of rotatable bonds is 10. The minimum Gasteiger partial charge on any atom is -0.489 e. The first-order chi connectivity index (χ1) is 13.7. The maximum absolute atomic E-state index is 10.8. The van der Waals surface area contributed by atoms with Gasteiger partial charge in [0.05, 0.1) is 0 Å². The van der Waals surface area contributed by atoms with Crippen LogP contribution in [0.5, 0.6) is 11.5 Å². The number of aryl methyl sites for hydroxylation is 1. The van der Waals surface area contributed by atoms with Crippen LogP contribution in [0.3, 0.4) is 0 Å². The molecule has 0 bridgehead atoms. The van der Waals surface area contributed by atoms with E-state index in [0.717, 1.165) is 28.2 Å². The van der Waals surface area contributed by atoms with Crippen molar-refractivity contribution >= 4 is 5.97 Å². The molecule has 0 aliphatic heterocycles. The van der Waals surface area contributed by atoms with E-state index in [9.17, 15) is 4.79 Å². The van der Waals surface area contributed by atoms with Crippen molar-refractivity contribution in [3.05, 3.63) is 95.6 Å². The van der Waals surface area contributed by atoms with Gasteiger partial charge in [-0.1, -0.05) is 66.7 Å². The number of ether oxygens (including phenoxy) is 2. The van der Waals surface area contributed by atoms with Gasteiger partial charge in [-0.15, -0.1) is 0 Å². The zero-order chi connectivity index (χ0) is 19.6. The number of carboxylic acid groups (broad SMARTS) is 1. The lowest BCUT2D eigenvalue weighted by Crippen LogP contribution is -2.02. The molecule has 0 aliphatic rings. The summed E-state index contributed by atoms with van der Waals surface area (Å²) in [5, 5.41) is 8.88. The Morgan fingerprint density at radius 2 is 1.39 bits per heavy atom. The SMILES string of the molecule is O=C(O)CCCc1ccc(OCc2ccccc2)cc1OCc1ccccc1. The topological polar surface area (TPSA) is 55.8 Å². The summed E-state index contributed by atoms with van der Waals surface area (Å²) in [6.45, 7) is 0.937. The molecule has 0 spiro atoms. The molecule has 0 aliphatic carbocycles. The van der Waals surface area contributed by atoms with Gasteiger partial charge < -0.3 is 14.6 Å². The van der Waals surface area contributed by atoms with Crippen LogP contribution < -0.4 is 9.47 Å². The van der Waals surface area contributed by atoms with Gasteiger partial charge in [-0.25, -0.2) is 0 Å². The Hall–Kier alpha value is -3.27. The van der Waals surface area contributed by atoms with Gasteiger partial charge in [-0.2, -0.15) is 0 Å². The van der Waals surface area contributed by atoms with Crippen LogP contribution in [0.1, 0.15) is 29.5 Å². The van der Waals surface area contributed by atoms with Gasteiger partial charge >= 0.3 is 5.97 Å². The number of benzene rings is 3. The highest BCUT2D eigenvalue weighted by atomic mass is 16.5. The normalized spacial score (nSPS) is 10.4. The third-order valence-corrected chi connectivity index (χ3v) is 4.36. The summed E-state index contributed by atoms with van der Waals surface area (Å²) in [4.78, 5) is 10.8. The van der Waals surface area contributed by atoms with Crippen molar-refractivity contribution in [1.29, 1.82) is 0 Å². The summed E-state index contributed by atoms with van der Waals surface area (Å²) < 4.78 is 12.0. The fraction of sp³-hybridized carbons (Fsp3) is 0.208. The summed E-state index contributed by atoms with van der Waals surface area (Å²) >= 11 is 0. The molecule has 3 rings (SSSR count). The second-order valence-electron chi connectivity index (χ2n) is 6.57. The van der Waals surface area contributed by atoms with Crippen LogP contribution in [0.25, 0.3) is 0 Å². The van der Waals surface area contributed by atoms with Gasteiger partial charge in [-0.05, 0) is 35.6 Å². The van der Waals surface area contributed by atoms with Crippen molar-refractivity contribution in [2.75, 3.05) is 0 Å². The van der Waals surface area contributed by atoms with Crippen LogP contribution in [0.2, 0.25) is 0 Å². The van der Waals surface area contributed by atoms with E-state index in [1.54, 1.807) is 0 Å². The highest BCUT2D eigenvalue weighted by Gasteiger charge is 2.09. The number of carboxylic acids is 1. The van der Waals surface area contributed by atoms with Crippen LogP contribution in [-0.2, 0) is 24.4 Å². The summed E-state index contributed by atoms with van der Waals surface area (Å²) in [6.07, 6.45) is 1.36. The van der Waals surface area contributed by atoms with Gasteiger partial charge in [0.2, 0.25) is 0 Å². The zero-order valence-electron chi connectivity index (χ0n) is 15.7. The molecule has 0 aromatic heterocycles. The van der Waals surface area contributed by atoms with Crippen molar-refractivity contribution in [2.24, 2.45) is 0 Å². The van der Waals surface area contributed by atoms with Crippen LogP contribution in [0, 0.1) is 0 Å². The second kappa shape index (κ2) is 10.2. The molecule has 1 N–H and O–H groups in total. The van der Waals surface area contributed by atoms with Crippen molar-refractivity contribution < 1.29 is 19.4 Å². The van der Waals surface area contributed by atoms with Crippen LogP contribution in [-0.4, -0.2) is 11.1 Å². The van der Waals surface area contributed by atoms with Crippen molar-refractivity contribution in [3.63, 3.8) is 0 Å². The molecule has 0 fully saturated rings. The lowest BCUT2D eigenvalue weighted by atomic mass is 10.1. The fourth-order valence-corrected chi connectivity index (χ4v) is 2.87. The molecular formula is C24H24O4. The summed E-state index contributed by atoms with van der Waals surface area (Å²) in [6, 6.07) is 25.7. The van der Waals surface area contributed by atoms with Crippen molar-refractivity contribution in [3.8, 4) is 11.5 Å². The van der Waals surface area contributed by atoms with Crippen LogP contribution in [0.15, 0.2) is 78.9 Å². The number of carbonyl (C=O) groups is 1. The predicted octanol–water partition coefficient (Wildman–Crippen LogP) is 5.25. The smallest absolute Gasteiger partial charge is 0.303 e. The molecule has 4 nitrogen and oxygen atoms in total. The third-order valence-electron chi connectivity index (χ3n) is 4.36. The summed E-state index contributed by atoms with van der Waals surface area (Å²) in [5.74, 6) is 0.684. The predicted molar refractivity (Wildman–Crippen MR) is 109 cm³/mol. The van der Waals surface area contributed by atoms with Crippen LogP contribution in [0.4, 0.5) is 0 Å². The average molecular weight is 376 g/mol. The molecule has 3 aromatic carbocycles. The summed E-state index contributed by atoms with van der Waals surface area (Å²) in [5.41, 5.74) is 3.17. The lowest BCUT2D eigenvalue weighted by Gasteiger charge is -2.14. The van der Waals surface area contributed by atoms with Gasteiger partial charge in [0, 0.05) is 12.5 Å². The maximum atomic E-state index is 10.8. The van der Waals surface area contributed by atoms with Gasteiger partial charge in [-0.3, -0.25) is 4.79 Å².